The topological polar surface area (TPSA) is 58.8 Å². The zero-order chi connectivity index (χ0) is 16.0. The molecular formula is C18H20NO4+. The number of Topliss-reactive ketones (excluding diaryl/α,β-unsaturated/α-hetero) is 1. The lowest BCUT2D eigenvalue weighted by Crippen LogP contribution is -2.75. The number of carbonyl (C=O) groups is 1. The molecule has 1 saturated carbocycles. The lowest BCUT2D eigenvalue weighted by atomic mass is 9.49. The van der Waals surface area contributed by atoms with Crippen LogP contribution in [0.1, 0.15) is 30.4 Å². The Labute approximate surface area is 134 Å². The van der Waals surface area contributed by atoms with Crippen molar-refractivity contribution in [3.05, 3.63) is 23.3 Å². The fourth-order valence-corrected chi connectivity index (χ4v) is 5.56. The summed E-state index contributed by atoms with van der Waals surface area (Å²) in [6.07, 6.45) is 1.67. The lowest BCUT2D eigenvalue weighted by Gasteiger charge is -2.56. The third kappa shape index (κ3) is 1.27. The Balaban J connectivity index is 1.87. The summed E-state index contributed by atoms with van der Waals surface area (Å²) >= 11 is 0. The van der Waals surface area contributed by atoms with Gasteiger partial charge in [-0.15, -0.1) is 0 Å². The third-order valence-electron chi connectivity index (χ3n) is 6.57. The molecule has 0 unspecified atom stereocenters. The zero-order valence-corrected chi connectivity index (χ0v) is 13.2. The molecule has 4 aliphatic rings. The molecule has 1 saturated heterocycles. The quantitative estimate of drug-likeness (QED) is 0.780. The Hall–Kier alpha value is -1.88. The van der Waals surface area contributed by atoms with Crippen LogP contribution in [0.3, 0.4) is 0 Å². The largest absolute Gasteiger partial charge is 0.493 e. The van der Waals surface area contributed by atoms with Crippen LogP contribution >= 0.6 is 0 Å². The van der Waals surface area contributed by atoms with Gasteiger partial charge < -0.3 is 14.6 Å². The molecule has 1 N–H and O–H groups in total. The van der Waals surface area contributed by atoms with Crippen molar-refractivity contribution in [2.75, 3.05) is 13.7 Å². The van der Waals surface area contributed by atoms with Crippen LogP contribution in [0.5, 0.6) is 11.5 Å². The maximum Gasteiger partial charge on any atom is 0.185 e. The number of hydrogen-bond acceptors (Lipinski definition) is 4. The van der Waals surface area contributed by atoms with Gasteiger partial charge in [0.2, 0.25) is 0 Å². The molecule has 2 heterocycles. The normalized spacial score (nSPS) is 39.7. The number of ether oxygens (including phenoxy) is 2. The average Bonchev–Trinajstić information content (AvgIpc) is 2.90. The van der Waals surface area contributed by atoms with Crippen LogP contribution in [-0.4, -0.2) is 53.6 Å². The minimum atomic E-state index is -0.962. The Kier molecular flexibility index (Phi) is 2.33. The molecule has 2 aliphatic heterocycles. The van der Waals surface area contributed by atoms with E-state index >= 15 is 0 Å². The minimum absolute atomic E-state index is 0.0673. The Bertz CT molecular complexity index is 773. The van der Waals surface area contributed by atoms with Gasteiger partial charge in [-0.3, -0.25) is 4.79 Å². The fraction of sp³-hybridized carbons (Fsp3) is 0.556. The summed E-state index contributed by atoms with van der Waals surface area (Å²) in [7, 11) is 1.61. The van der Waals surface area contributed by atoms with Gasteiger partial charge in [0.15, 0.2) is 29.4 Å². The summed E-state index contributed by atoms with van der Waals surface area (Å²) in [6, 6.07) is 3.89. The highest BCUT2D eigenvalue weighted by atomic mass is 16.5. The van der Waals surface area contributed by atoms with E-state index in [0.717, 1.165) is 24.1 Å². The molecule has 1 spiro atoms. The predicted octanol–water partition coefficient (Wildman–Crippen LogP) is 0.829. The van der Waals surface area contributed by atoms with Gasteiger partial charge in [0, 0.05) is 24.8 Å². The van der Waals surface area contributed by atoms with Gasteiger partial charge in [0.25, 0.3) is 0 Å². The van der Waals surface area contributed by atoms with E-state index in [1.165, 1.54) is 0 Å². The second-order valence-corrected chi connectivity index (χ2v) is 7.27. The summed E-state index contributed by atoms with van der Waals surface area (Å²) < 4.78 is 13.6. The Morgan fingerprint density at radius 3 is 3.04 bits per heavy atom. The number of methoxy groups -OCH3 is 1. The van der Waals surface area contributed by atoms with Crippen molar-refractivity contribution in [3.8, 4) is 11.5 Å². The number of rotatable bonds is 1. The van der Waals surface area contributed by atoms with E-state index in [1.807, 2.05) is 10.6 Å². The first kappa shape index (κ1) is 13.5. The second kappa shape index (κ2) is 3.96. The van der Waals surface area contributed by atoms with Crippen LogP contribution in [-0.2, 0) is 16.6 Å². The van der Waals surface area contributed by atoms with Gasteiger partial charge in [-0.05, 0) is 18.1 Å². The van der Waals surface area contributed by atoms with Crippen LogP contribution in [0.4, 0.5) is 0 Å². The maximum absolute atomic E-state index is 12.6. The minimum Gasteiger partial charge on any atom is -0.493 e. The van der Waals surface area contributed by atoms with Crippen molar-refractivity contribution in [2.45, 2.75) is 48.8 Å². The molecule has 4 atom stereocenters. The highest BCUT2D eigenvalue weighted by Crippen LogP contribution is 2.64. The van der Waals surface area contributed by atoms with Crippen molar-refractivity contribution < 1.29 is 24.0 Å². The predicted molar refractivity (Wildman–Crippen MR) is 82.6 cm³/mol. The first-order valence-corrected chi connectivity index (χ1v) is 8.22. The molecular weight excluding hydrogens is 294 g/mol. The van der Waals surface area contributed by atoms with E-state index in [-0.39, 0.29) is 11.8 Å². The van der Waals surface area contributed by atoms with Gasteiger partial charge in [0.05, 0.1) is 12.5 Å². The number of benzene rings is 1. The SMILES string of the molecule is C=[N+]1CC[C@]23c4c5ccc(OC)c4O[C@H]2C(=O)CC[C@@]3(O)[C@H]1C5. The molecule has 5 rings (SSSR count). The molecule has 2 fully saturated rings. The maximum atomic E-state index is 12.6. The van der Waals surface area contributed by atoms with Crippen molar-refractivity contribution >= 4 is 12.5 Å². The molecule has 1 aromatic carbocycles. The molecule has 1 aromatic rings. The summed E-state index contributed by atoms with van der Waals surface area (Å²) in [5, 5.41) is 11.7. The van der Waals surface area contributed by atoms with E-state index in [0.29, 0.717) is 30.8 Å². The number of piperidine rings is 1. The molecule has 120 valence electrons. The van der Waals surface area contributed by atoms with Crippen molar-refractivity contribution in [1.82, 2.24) is 0 Å². The fourth-order valence-electron chi connectivity index (χ4n) is 5.56. The Morgan fingerprint density at radius 1 is 1.43 bits per heavy atom. The van der Waals surface area contributed by atoms with Crippen molar-refractivity contribution in [2.24, 2.45) is 0 Å². The highest BCUT2D eigenvalue weighted by molar-refractivity contribution is 5.90. The molecule has 5 heteroatoms. The van der Waals surface area contributed by atoms with E-state index in [9.17, 15) is 9.90 Å². The third-order valence-corrected chi connectivity index (χ3v) is 6.57. The van der Waals surface area contributed by atoms with E-state index in [4.69, 9.17) is 9.47 Å². The molecule has 0 amide bonds. The molecule has 2 aliphatic carbocycles. The standard InChI is InChI=1S/C18H20NO4/c1-19-8-7-17-14-10-3-4-12(22-2)15(14)23-16(17)11(20)5-6-18(17,21)13(19)9-10/h3-4,13,16,21H,1,5-9H2,2H3/q+1/t13-,16+,17+,18-/m1/s1. The van der Waals surface area contributed by atoms with Gasteiger partial charge in [0.1, 0.15) is 18.9 Å². The van der Waals surface area contributed by atoms with Crippen LogP contribution in [0.25, 0.3) is 0 Å². The van der Waals surface area contributed by atoms with Crippen molar-refractivity contribution in [1.29, 1.82) is 0 Å². The van der Waals surface area contributed by atoms with Gasteiger partial charge in [-0.25, -0.2) is 4.58 Å². The van der Waals surface area contributed by atoms with Crippen LogP contribution in [0, 0.1) is 0 Å². The highest BCUT2D eigenvalue weighted by Gasteiger charge is 2.75. The zero-order valence-electron chi connectivity index (χ0n) is 13.2. The number of ketones is 1. The average molecular weight is 314 g/mol. The smallest absolute Gasteiger partial charge is 0.185 e. The van der Waals surface area contributed by atoms with Crippen molar-refractivity contribution in [3.63, 3.8) is 0 Å². The summed E-state index contributed by atoms with van der Waals surface area (Å²) in [5.74, 6) is 1.41. The van der Waals surface area contributed by atoms with Gasteiger partial charge >= 0.3 is 0 Å². The summed E-state index contributed by atoms with van der Waals surface area (Å²) in [6.45, 7) is 4.90. The monoisotopic (exact) mass is 314 g/mol. The summed E-state index contributed by atoms with van der Waals surface area (Å²) in [5.41, 5.74) is 0.567. The van der Waals surface area contributed by atoms with Gasteiger partial charge in [-0.2, -0.15) is 0 Å². The molecule has 5 nitrogen and oxygen atoms in total. The Morgan fingerprint density at radius 2 is 2.26 bits per heavy atom. The molecule has 0 aromatic heterocycles. The van der Waals surface area contributed by atoms with E-state index < -0.39 is 17.1 Å². The number of carbonyl (C=O) groups excluding carboxylic acids is 1. The molecule has 23 heavy (non-hydrogen) atoms. The number of aliphatic hydroxyl groups is 1. The van der Waals surface area contributed by atoms with Gasteiger partial charge in [-0.1, -0.05) is 6.07 Å². The first-order chi connectivity index (χ1) is 11.0. The first-order valence-electron chi connectivity index (χ1n) is 8.22. The van der Waals surface area contributed by atoms with E-state index in [1.54, 1.807) is 7.11 Å². The summed E-state index contributed by atoms with van der Waals surface area (Å²) in [4.78, 5) is 12.6. The van der Waals surface area contributed by atoms with E-state index in [2.05, 4.69) is 12.8 Å². The second-order valence-electron chi connectivity index (χ2n) is 7.27. The van der Waals surface area contributed by atoms with Crippen LogP contribution in [0.2, 0.25) is 0 Å². The number of nitrogens with zero attached hydrogens (tertiary/aromatic N) is 1. The number of hydrogen-bond donors (Lipinski definition) is 1. The lowest BCUT2D eigenvalue weighted by molar-refractivity contribution is -0.602. The van der Waals surface area contributed by atoms with Crippen LogP contribution in [0.15, 0.2) is 12.1 Å². The molecule has 2 bridgehead atoms. The van der Waals surface area contributed by atoms with Crippen LogP contribution < -0.4 is 9.47 Å². The molecule has 0 radical (unpaired) electrons.